The summed E-state index contributed by atoms with van der Waals surface area (Å²) in [7, 11) is 1.42. The Balaban J connectivity index is 2.76. The monoisotopic (exact) mass is 218 g/mol. The molecule has 1 atom stereocenters. The largest absolute Gasteiger partial charge is 0.469 e. The molecule has 0 bridgehead atoms. The van der Waals surface area contributed by atoms with Gasteiger partial charge in [0.05, 0.1) is 13.0 Å². The quantitative estimate of drug-likeness (QED) is 0.726. The summed E-state index contributed by atoms with van der Waals surface area (Å²) in [6.45, 7) is 4.02. The minimum absolute atomic E-state index is 0.176. The second-order valence-corrected chi connectivity index (χ2v) is 4.06. The molecular weight excluding hydrogens is 200 g/mol. The molecule has 0 aliphatic carbocycles. The molecule has 86 valence electrons. The zero-order valence-electron chi connectivity index (χ0n) is 10.0. The summed E-state index contributed by atoms with van der Waals surface area (Å²) < 4.78 is 4.77. The van der Waals surface area contributed by atoms with Crippen molar-refractivity contribution in [1.29, 1.82) is 0 Å². The average molecular weight is 218 g/mol. The predicted molar refractivity (Wildman–Crippen MR) is 65.8 cm³/mol. The van der Waals surface area contributed by atoms with Gasteiger partial charge in [0, 0.05) is 0 Å². The zero-order valence-corrected chi connectivity index (χ0v) is 10.0. The maximum atomic E-state index is 11.5. The van der Waals surface area contributed by atoms with E-state index in [1.165, 1.54) is 7.11 Å². The first-order valence-corrected chi connectivity index (χ1v) is 5.46. The van der Waals surface area contributed by atoms with E-state index in [1.54, 1.807) is 0 Å². The van der Waals surface area contributed by atoms with Crippen LogP contribution in [0.4, 0.5) is 0 Å². The van der Waals surface area contributed by atoms with Crippen molar-refractivity contribution in [3.8, 4) is 0 Å². The number of benzene rings is 1. The molecule has 0 aliphatic heterocycles. The number of hydrogen-bond acceptors (Lipinski definition) is 2. The fourth-order valence-electron chi connectivity index (χ4n) is 1.49. The van der Waals surface area contributed by atoms with E-state index in [9.17, 15) is 4.79 Å². The molecular formula is C14H18O2. The highest BCUT2D eigenvalue weighted by molar-refractivity contribution is 5.76. The summed E-state index contributed by atoms with van der Waals surface area (Å²) in [5, 5.41) is 0. The molecule has 0 aromatic heterocycles. The van der Waals surface area contributed by atoms with Gasteiger partial charge in [0.25, 0.3) is 0 Å². The summed E-state index contributed by atoms with van der Waals surface area (Å²) in [6.07, 6.45) is 3.87. The van der Waals surface area contributed by atoms with Crippen molar-refractivity contribution >= 4 is 12.0 Å². The Morgan fingerprint density at radius 1 is 1.25 bits per heavy atom. The minimum atomic E-state index is -0.179. The third-order valence-electron chi connectivity index (χ3n) is 2.49. The van der Waals surface area contributed by atoms with Crippen LogP contribution in [0.2, 0.25) is 0 Å². The highest BCUT2D eigenvalue weighted by atomic mass is 16.5. The van der Waals surface area contributed by atoms with Crippen LogP contribution < -0.4 is 0 Å². The van der Waals surface area contributed by atoms with Crippen LogP contribution in [-0.2, 0) is 9.53 Å². The second-order valence-electron chi connectivity index (χ2n) is 4.06. The van der Waals surface area contributed by atoms with Gasteiger partial charge in [0.15, 0.2) is 0 Å². The lowest BCUT2D eigenvalue weighted by Gasteiger charge is -2.13. The summed E-state index contributed by atoms with van der Waals surface area (Å²) >= 11 is 0. The first kappa shape index (κ1) is 12.5. The fraction of sp³-hybridized carbons (Fsp3) is 0.357. The molecule has 0 aliphatic rings. The molecule has 0 N–H and O–H groups in total. The standard InChI is InChI=1S/C14H18O2/c1-11(2)13(14(15)16-3)10-9-12-7-5-4-6-8-12/h4-11,13H,1-3H3/b10-9+. The fourth-order valence-corrected chi connectivity index (χ4v) is 1.49. The third-order valence-corrected chi connectivity index (χ3v) is 2.49. The summed E-state index contributed by atoms with van der Waals surface area (Å²) in [4.78, 5) is 11.5. The molecule has 0 heterocycles. The van der Waals surface area contributed by atoms with E-state index in [0.29, 0.717) is 0 Å². The number of rotatable bonds is 4. The zero-order chi connectivity index (χ0) is 12.0. The van der Waals surface area contributed by atoms with Gasteiger partial charge in [-0.2, -0.15) is 0 Å². The van der Waals surface area contributed by atoms with E-state index >= 15 is 0 Å². The molecule has 0 amide bonds. The molecule has 16 heavy (non-hydrogen) atoms. The SMILES string of the molecule is COC(=O)C(/C=C/c1ccccc1)C(C)C. The molecule has 0 saturated heterocycles. The van der Waals surface area contributed by atoms with Crippen LogP contribution in [0.1, 0.15) is 19.4 Å². The van der Waals surface area contributed by atoms with Gasteiger partial charge in [-0.25, -0.2) is 0 Å². The maximum Gasteiger partial charge on any atom is 0.312 e. The minimum Gasteiger partial charge on any atom is -0.469 e. The van der Waals surface area contributed by atoms with Crippen molar-refractivity contribution < 1.29 is 9.53 Å². The van der Waals surface area contributed by atoms with Crippen molar-refractivity contribution in [3.63, 3.8) is 0 Å². The van der Waals surface area contributed by atoms with Crippen molar-refractivity contribution in [2.24, 2.45) is 11.8 Å². The Morgan fingerprint density at radius 3 is 2.38 bits per heavy atom. The van der Waals surface area contributed by atoms with Crippen molar-refractivity contribution in [2.45, 2.75) is 13.8 Å². The van der Waals surface area contributed by atoms with Gasteiger partial charge in [-0.05, 0) is 11.5 Å². The van der Waals surface area contributed by atoms with Gasteiger partial charge in [-0.15, -0.1) is 0 Å². The Bertz CT molecular complexity index is 352. The number of carbonyl (C=O) groups is 1. The number of methoxy groups -OCH3 is 1. The van der Waals surface area contributed by atoms with E-state index < -0.39 is 0 Å². The van der Waals surface area contributed by atoms with E-state index in [2.05, 4.69) is 0 Å². The van der Waals surface area contributed by atoms with Crippen LogP contribution in [0.5, 0.6) is 0 Å². The number of esters is 1. The van der Waals surface area contributed by atoms with Crippen LogP contribution >= 0.6 is 0 Å². The molecule has 2 nitrogen and oxygen atoms in total. The molecule has 0 radical (unpaired) electrons. The Morgan fingerprint density at radius 2 is 1.88 bits per heavy atom. The van der Waals surface area contributed by atoms with Gasteiger partial charge < -0.3 is 4.74 Å². The predicted octanol–water partition coefficient (Wildman–Crippen LogP) is 3.15. The smallest absolute Gasteiger partial charge is 0.312 e. The first-order chi connectivity index (χ1) is 7.65. The van der Waals surface area contributed by atoms with Crippen LogP contribution in [-0.4, -0.2) is 13.1 Å². The summed E-state index contributed by atoms with van der Waals surface area (Å²) in [6, 6.07) is 9.93. The lowest BCUT2D eigenvalue weighted by Crippen LogP contribution is -2.19. The van der Waals surface area contributed by atoms with Crippen molar-refractivity contribution in [3.05, 3.63) is 42.0 Å². The number of carbonyl (C=O) groups excluding carboxylic acids is 1. The van der Waals surface area contributed by atoms with E-state index in [0.717, 1.165) is 5.56 Å². The summed E-state index contributed by atoms with van der Waals surface area (Å²) in [5.74, 6) is -0.111. The van der Waals surface area contributed by atoms with Gasteiger partial charge in [0.2, 0.25) is 0 Å². The maximum absolute atomic E-state index is 11.5. The van der Waals surface area contributed by atoms with Gasteiger partial charge >= 0.3 is 5.97 Å². The molecule has 0 fully saturated rings. The van der Waals surface area contributed by atoms with Gasteiger partial charge in [0.1, 0.15) is 0 Å². The van der Waals surface area contributed by atoms with E-state index in [4.69, 9.17) is 4.74 Å². The van der Waals surface area contributed by atoms with Crippen molar-refractivity contribution in [2.75, 3.05) is 7.11 Å². The Labute approximate surface area is 96.9 Å². The van der Waals surface area contributed by atoms with E-state index in [-0.39, 0.29) is 17.8 Å². The molecule has 1 rings (SSSR count). The van der Waals surface area contributed by atoms with Crippen molar-refractivity contribution in [1.82, 2.24) is 0 Å². The third kappa shape index (κ3) is 3.54. The molecule has 1 aromatic rings. The normalized spacial score (nSPS) is 13.0. The molecule has 0 spiro atoms. The van der Waals surface area contributed by atoms with Gasteiger partial charge in [-0.1, -0.05) is 56.3 Å². The first-order valence-electron chi connectivity index (χ1n) is 5.46. The average Bonchev–Trinajstić information content (AvgIpc) is 2.30. The number of hydrogen-bond donors (Lipinski definition) is 0. The van der Waals surface area contributed by atoms with Crippen LogP contribution in [0, 0.1) is 11.8 Å². The molecule has 1 unspecified atom stereocenters. The van der Waals surface area contributed by atoms with Crippen LogP contribution in [0.3, 0.4) is 0 Å². The molecule has 1 aromatic carbocycles. The highest BCUT2D eigenvalue weighted by Crippen LogP contribution is 2.16. The van der Waals surface area contributed by atoms with Crippen LogP contribution in [0.25, 0.3) is 6.08 Å². The number of ether oxygens (including phenoxy) is 1. The molecule has 0 saturated carbocycles. The Hall–Kier alpha value is -1.57. The van der Waals surface area contributed by atoms with E-state index in [1.807, 2.05) is 56.3 Å². The van der Waals surface area contributed by atoms with Crippen LogP contribution in [0.15, 0.2) is 36.4 Å². The topological polar surface area (TPSA) is 26.3 Å². The Kier molecular flexibility index (Phi) is 4.77. The molecule has 2 heteroatoms. The lowest BCUT2D eigenvalue weighted by molar-refractivity contribution is -0.144. The second kappa shape index (κ2) is 6.11. The highest BCUT2D eigenvalue weighted by Gasteiger charge is 2.19. The van der Waals surface area contributed by atoms with Gasteiger partial charge in [-0.3, -0.25) is 4.79 Å². The lowest BCUT2D eigenvalue weighted by atomic mass is 9.95. The summed E-state index contributed by atoms with van der Waals surface area (Å²) in [5.41, 5.74) is 1.09.